The average Bonchev–Trinajstić information content (AvgIpc) is 3.77. The third kappa shape index (κ3) is 10.00. The number of carbonyl (C=O) groups is 3. The molecule has 1 aromatic rings. The molecule has 2 heterocycles. The maximum Gasteiger partial charge on any atom is 0.338 e. The van der Waals surface area contributed by atoms with Gasteiger partial charge in [0.15, 0.2) is 5.79 Å². The fourth-order valence-corrected chi connectivity index (χ4v) is 7.08. The number of benzene rings is 1. The Bertz CT molecular complexity index is 1280. The van der Waals surface area contributed by atoms with E-state index >= 15 is 0 Å². The summed E-state index contributed by atoms with van der Waals surface area (Å²) in [5, 5.41) is 14.3. The highest BCUT2D eigenvalue weighted by Gasteiger charge is 2.52. The lowest BCUT2D eigenvalue weighted by atomic mass is 9.89. The van der Waals surface area contributed by atoms with Crippen LogP contribution in [0.25, 0.3) is 6.08 Å². The number of hydrogen-bond donors (Lipinski definition) is 3. The topological polar surface area (TPSA) is 136 Å². The molecule has 0 aromatic heterocycles. The number of epoxide rings is 1. The van der Waals surface area contributed by atoms with Crippen molar-refractivity contribution in [2.75, 3.05) is 19.7 Å². The molecule has 3 N–H and O–H groups in total. The lowest BCUT2D eigenvalue weighted by molar-refractivity contribution is -0.190. The lowest BCUT2D eigenvalue weighted by Gasteiger charge is -2.31. The van der Waals surface area contributed by atoms with Gasteiger partial charge in [0.2, 0.25) is 11.8 Å². The van der Waals surface area contributed by atoms with Gasteiger partial charge in [-0.2, -0.15) is 0 Å². The molecule has 0 spiro atoms. The molecule has 5 rings (SSSR count). The highest BCUT2D eigenvalue weighted by molar-refractivity contribution is 5.94. The molecule has 2 aliphatic heterocycles. The van der Waals surface area contributed by atoms with Crippen molar-refractivity contribution in [2.45, 2.75) is 134 Å². The average molecular weight is 667 g/mol. The SMILES string of the molecule is CCCCCC1(CCCCC)OC2C=C(C(=O)NCCC(=O)NCCO)CC(OC(=O)c3ccc(C=CC4CCC5OC5C4)cc3)C2O1. The van der Waals surface area contributed by atoms with Crippen LogP contribution in [0, 0.1) is 5.92 Å². The largest absolute Gasteiger partial charge is 0.456 e. The van der Waals surface area contributed by atoms with Gasteiger partial charge < -0.3 is 34.7 Å². The van der Waals surface area contributed by atoms with Crippen LogP contribution in [0.2, 0.25) is 0 Å². The summed E-state index contributed by atoms with van der Waals surface area (Å²) in [6, 6.07) is 7.40. The predicted molar refractivity (Wildman–Crippen MR) is 182 cm³/mol. The van der Waals surface area contributed by atoms with Gasteiger partial charge in [-0.3, -0.25) is 9.59 Å². The van der Waals surface area contributed by atoms with E-state index < -0.39 is 30.1 Å². The molecule has 2 saturated heterocycles. The Morgan fingerprint density at radius 1 is 0.958 bits per heavy atom. The Morgan fingerprint density at radius 2 is 1.71 bits per heavy atom. The van der Waals surface area contributed by atoms with Crippen LogP contribution in [-0.2, 0) is 28.5 Å². The number of hydrogen-bond acceptors (Lipinski definition) is 8. The number of carbonyl (C=O) groups excluding carboxylic acids is 3. The van der Waals surface area contributed by atoms with Gasteiger partial charge in [-0.1, -0.05) is 63.8 Å². The van der Waals surface area contributed by atoms with Gasteiger partial charge in [0.1, 0.15) is 18.3 Å². The normalized spacial score (nSPS) is 27.1. The van der Waals surface area contributed by atoms with Gasteiger partial charge >= 0.3 is 5.97 Å². The molecule has 10 heteroatoms. The highest BCUT2D eigenvalue weighted by Crippen LogP contribution is 2.43. The van der Waals surface area contributed by atoms with Crippen LogP contribution in [0.4, 0.5) is 0 Å². The van der Waals surface area contributed by atoms with E-state index in [1.165, 1.54) is 0 Å². The second kappa shape index (κ2) is 17.6. The standard InChI is InChI=1S/C38H54N2O8/c1-3-5-7-18-38(19-8-6-4-2)47-33-25-29(36(43)40-20-17-34(42)39-21-22-41)24-32(35(33)48-38)46-37(44)28-14-11-26(12-15-28)9-10-27-13-16-30-31(23-27)45-30/h9-12,14-15,25,27,30-33,35,41H,3-8,13,16-24H2,1-2H3,(H,39,42)(H,40,43). The number of esters is 1. The van der Waals surface area contributed by atoms with Crippen molar-refractivity contribution in [3.63, 3.8) is 0 Å². The first-order valence-electron chi connectivity index (χ1n) is 18.2. The Labute approximate surface area is 285 Å². The molecule has 1 aromatic carbocycles. The number of amides is 2. The van der Waals surface area contributed by atoms with Crippen molar-refractivity contribution >= 4 is 23.9 Å². The second-order valence-electron chi connectivity index (χ2n) is 13.7. The molecular formula is C38H54N2O8. The fraction of sp³-hybridized carbons (Fsp3) is 0.658. The van der Waals surface area contributed by atoms with Crippen molar-refractivity contribution < 1.29 is 38.4 Å². The molecule has 4 aliphatic rings. The first kappa shape index (κ1) is 36.2. The van der Waals surface area contributed by atoms with E-state index in [0.717, 1.165) is 76.2 Å². The zero-order valence-electron chi connectivity index (χ0n) is 28.6. The van der Waals surface area contributed by atoms with Crippen LogP contribution in [0.3, 0.4) is 0 Å². The Balaban J connectivity index is 1.26. The van der Waals surface area contributed by atoms with Gasteiger partial charge in [0.25, 0.3) is 0 Å². The minimum Gasteiger partial charge on any atom is -0.456 e. The third-order valence-electron chi connectivity index (χ3n) is 9.87. The first-order valence-corrected chi connectivity index (χ1v) is 18.2. The summed E-state index contributed by atoms with van der Waals surface area (Å²) in [7, 11) is 0. The van der Waals surface area contributed by atoms with Crippen LogP contribution in [0.15, 0.2) is 42.0 Å². The van der Waals surface area contributed by atoms with E-state index in [1.807, 2.05) is 12.1 Å². The Kier molecular flexibility index (Phi) is 13.3. The molecule has 6 unspecified atom stereocenters. The molecule has 3 fully saturated rings. The number of aliphatic hydroxyl groups is 1. The van der Waals surface area contributed by atoms with Gasteiger partial charge in [-0.15, -0.1) is 0 Å². The van der Waals surface area contributed by atoms with Crippen LogP contribution >= 0.6 is 0 Å². The van der Waals surface area contributed by atoms with Crippen molar-refractivity contribution in [1.82, 2.24) is 10.6 Å². The fourth-order valence-electron chi connectivity index (χ4n) is 7.08. The number of rotatable bonds is 18. The van der Waals surface area contributed by atoms with E-state index in [2.05, 4.69) is 36.6 Å². The maximum atomic E-state index is 13.5. The summed E-state index contributed by atoms with van der Waals surface area (Å²) in [5.74, 6) is -1.34. The molecule has 48 heavy (non-hydrogen) atoms. The number of nitrogens with one attached hydrogen (secondary N) is 2. The van der Waals surface area contributed by atoms with E-state index in [4.69, 9.17) is 24.1 Å². The van der Waals surface area contributed by atoms with Crippen molar-refractivity contribution in [1.29, 1.82) is 0 Å². The molecule has 0 bridgehead atoms. The van der Waals surface area contributed by atoms with E-state index in [-0.39, 0.29) is 44.4 Å². The number of aliphatic hydroxyl groups excluding tert-OH is 1. The van der Waals surface area contributed by atoms with Gasteiger partial charge in [-0.05, 0) is 61.8 Å². The minimum absolute atomic E-state index is 0.0856. The summed E-state index contributed by atoms with van der Waals surface area (Å²) in [5.41, 5.74) is 1.89. The van der Waals surface area contributed by atoms with Crippen molar-refractivity contribution in [3.05, 3.63) is 53.1 Å². The number of allylic oxidation sites excluding steroid dienone is 1. The maximum absolute atomic E-state index is 13.5. The van der Waals surface area contributed by atoms with Crippen molar-refractivity contribution in [2.24, 2.45) is 5.92 Å². The van der Waals surface area contributed by atoms with Crippen LogP contribution < -0.4 is 10.6 Å². The molecule has 1 saturated carbocycles. The molecular weight excluding hydrogens is 612 g/mol. The summed E-state index contributed by atoms with van der Waals surface area (Å²) >= 11 is 0. The summed E-state index contributed by atoms with van der Waals surface area (Å²) in [4.78, 5) is 38.8. The van der Waals surface area contributed by atoms with Crippen LogP contribution in [-0.4, -0.2) is 78.9 Å². The predicted octanol–water partition coefficient (Wildman–Crippen LogP) is 5.38. The zero-order chi connectivity index (χ0) is 33.9. The van der Waals surface area contributed by atoms with Crippen LogP contribution in [0.1, 0.15) is 113 Å². The monoisotopic (exact) mass is 666 g/mol. The molecule has 264 valence electrons. The smallest absolute Gasteiger partial charge is 0.338 e. The van der Waals surface area contributed by atoms with Crippen LogP contribution in [0.5, 0.6) is 0 Å². The van der Waals surface area contributed by atoms with Crippen molar-refractivity contribution in [3.8, 4) is 0 Å². The first-order chi connectivity index (χ1) is 23.3. The Morgan fingerprint density at radius 3 is 2.40 bits per heavy atom. The highest BCUT2D eigenvalue weighted by atomic mass is 16.8. The zero-order valence-corrected chi connectivity index (χ0v) is 28.6. The Hall–Kier alpha value is -3.05. The summed E-state index contributed by atoms with van der Waals surface area (Å²) in [6.07, 6.45) is 16.5. The summed E-state index contributed by atoms with van der Waals surface area (Å²) in [6.45, 7) is 4.48. The van der Waals surface area contributed by atoms with E-state index in [1.54, 1.807) is 18.2 Å². The van der Waals surface area contributed by atoms with Gasteiger partial charge in [0.05, 0.1) is 24.4 Å². The van der Waals surface area contributed by atoms with Gasteiger partial charge in [0, 0.05) is 44.3 Å². The van der Waals surface area contributed by atoms with E-state index in [0.29, 0.717) is 29.3 Å². The minimum atomic E-state index is -0.795. The number of unbranched alkanes of at least 4 members (excludes halogenated alkanes) is 4. The molecule has 10 nitrogen and oxygen atoms in total. The summed E-state index contributed by atoms with van der Waals surface area (Å²) < 4.78 is 25.2. The lowest BCUT2D eigenvalue weighted by Crippen LogP contribution is -2.44. The molecule has 6 atom stereocenters. The van der Waals surface area contributed by atoms with Gasteiger partial charge in [-0.25, -0.2) is 4.79 Å². The quantitative estimate of drug-likeness (QED) is 0.108. The molecule has 2 aliphatic carbocycles. The van der Waals surface area contributed by atoms with E-state index in [9.17, 15) is 14.4 Å². The number of ether oxygens (including phenoxy) is 4. The molecule has 2 amide bonds. The second-order valence-corrected chi connectivity index (χ2v) is 13.7. The number of fused-ring (bicyclic) bond motifs is 2. The molecule has 0 radical (unpaired) electrons. The third-order valence-corrected chi connectivity index (χ3v) is 9.87.